The van der Waals surface area contributed by atoms with Crippen molar-refractivity contribution in [3.05, 3.63) is 29.8 Å². The maximum atomic E-state index is 13.6. The standard InChI is InChI=1S/C31H47N9O11S/c1-17(42)37-23(16-41)29(49)40-22(14-18-5-7-19(43)8-6-18)28(48)39-20(4-3-12-35-31(33)34)27(47)36-15-25(45)38-21(9-10-24(32)44)30(50)52-13-11-26(46)51-2/h5-8,20-23,41,43H,3-4,9-16H2,1-2H3,(H2,32,44)(H,36,47)(H,37,42)(H,38,45)(H,39,48)(H,40,49)(H4,33,34,35)/t20-,21-,22-,23-/m0/s1. The molecule has 0 bridgehead atoms. The molecule has 13 N–H and O–H groups in total. The molecule has 0 aliphatic carbocycles. The summed E-state index contributed by atoms with van der Waals surface area (Å²) in [4.78, 5) is 104. The van der Waals surface area contributed by atoms with E-state index >= 15 is 0 Å². The Morgan fingerprint density at radius 2 is 1.46 bits per heavy atom. The van der Waals surface area contributed by atoms with Gasteiger partial charge in [-0.2, -0.15) is 0 Å². The molecule has 0 heterocycles. The summed E-state index contributed by atoms with van der Waals surface area (Å²) in [7, 11) is 1.19. The molecule has 0 aromatic heterocycles. The number of methoxy groups -OCH3 is 1. The topological polar surface area (TPSA) is 337 Å². The number of primary amides is 1. The summed E-state index contributed by atoms with van der Waals surface area (Å²) in [6, 6.07) is 0.472. The first kappa shape index (κ1) is 44.6. The molecule has 0 saturated heterocycles. The van der Waals surface area contributed by atoms with Crippen molar-refractivity contribution in [2.45, 2.75) is 69.6 Å². The van der Waals surface area contributed by atoms with Gasteiger partial charge in [0.15, 0.2) is 5.96 Å². The number of amides is 6. The van der Waals surface area contributed by atoms with Gasteiger partial charge in [0.2, 0.25) is 40.6 Å². The number of hydrogen-bond acceptors (Lipinski definition) is 13. The highest BCUT2D eigenvalue weighted by Crippen LogP contribution is 2.13. The number of rotatable bonds is 23. The van der Waals surface area contributed by atoms with E-state index in [0.717, 1.165) is 18.7 Å². The van der Waals surface area contributed by atoms with Gasteiger partial charge in [-0.1, -0.05) is 23.9 Å². The molecule has 1 rings (SSSR count). The molecule has 0 radical (unpaired) electrons. The zero-order valence-corrected chi connectivity index (χ0v) is 29.7. The van der Waals surface area contributed by atoms with Gasteiger partial charge in [0, 0.05) is 32.1 Å². The predicted molar refractivity (Wildman–Crippen MR) is 188 cm³/mol. The van der Waals surface area contributed by atoms with E-state index in [1.165, 1.54) is 31.4 Å². The third kappa shape index (κ3) is 18.5. The fourth-order valence-electron chi connectivity index (χ4n) is 4.34. The number of aliphatic imine (C=N–C) groups is 1. The summed E-state index contributed by atoms with van der Waals surface area (Å²) in [5.41, 5.74) is 16.4. The Kier molecular flexibility index (Phi) is 20.5. The van der Waals surface area contributed by atoms with E-state index in [0.29, 0.717) is 5.56 Å². The van der Waals surface area contributed by atoms with E-state index in [-0.39, 0.29) is 62.5 Å². The highest BCUT2D eigenvalue weighted by molar-refractivity contribution is 8.13. The van der Waals surface area contributed by atoms with E-state index in [2.05, 4.69) is 36.3 Å². The van der Waals surface area contributed by atoms with Gasteiger partial charge in [-0.3, -0.25) is 43.3 Å². The van der Waals surface area contributed by atoms with Crippen LogP contribution >= 0.6 is 11.8 Å². The number of esters is 1. The molecule has 0 aliphatic heterocycles. The number of benzene rings is 1. The second-order valence-corrected chi connectivity index (χ2v) is 12.3. The normalized spacial score (nSPS) is 12.8. The first-order chi connectivity index (χ1) is 24.6. The van der Waals surface area contributed by atoms with Crippen molar-refractivity contribution in [3.63, 3.8) is 0 Å². The lowest BCUT2D eigenvalue weighted by atomic mass is 10.0. The van der Waals surface area contributed by atoms with E-state index < -0.39 is 83.8 Å². The molecule has 0 unspecified atom stereocenters. The van der Waals surface area contributed by atoms with Gasteiger partial charge in [-0.25, -0.2) is 0 Å². The van der Waals surface area contributed by atoms with Crippen LogP contribution in [-0.4, -0.2) is 119 Å². The zero-order chi connectivity index (χ0) is 39.2. The smallest absolute Gasteiger partial charge is 0.306 e. The van der Waals surface area contributed by atoms with Crippen LogP contribution in [0.15, 0.2) is 29.3 Å². The number of nitrogens with zero attached hydrogens (tertiary/aromatic N) is 1. The van der Waals surface area contributed by atoms with Crippen LogP contribution in [0, 0.1) is 0 Å². The van der Waals surface area contributed by atoms with E-state index in [1.54, 1.807) is 0 Å². The fraction of sp³-hybridized carbons (Fsp3) is 0.516. The first-order valence-corrected chi connectivity index (χ1v) is 17.0. The number of nitrogens with one attached hydrogen (secondary N) is 5. The molecule has 21 heteroatoms. The van der Waals surface area contributed by atoms with Gasteiger partial charge in [0.05, 0.1) is 32.7 Å². The van der Waals surface area contributed by atoms with Crippen LogP contribution in [0.5, 0.6) is 5.75 Å². The number of hydrogen-bond donors (Lipinski definition) is 10. The summed E-state index contributed by atoms with van der Waals surface area (Å²) >= 11 is 0.738. The number of phenolic OH excluding ortho intramolecular Hbond substituents is 1. The Morgan fingerprint density at radius 1 is 0.827 bits per heavy atom. The maximum Gasteiger partial charge on any atom is 0.306 e. The minimum Gasteiger partial charge on any atom is -0.508 e. The second kappa shape index (κ2) is 23.9. The molecule has 52 heavy (non-hydrogen) atoms. The number of aliphatic hydroxyl groups is 1. The minimum atomic E-state index is -1.39. The van der Waals surface area contributed by atoms with Crippen molar-refractivity contribution in [2.24, 2.45) is 22.2 Å². The predicted octanol–water partition coefficient (Wildman–Crippen LogP) is -3.86. The van der Waals surface area contributed by atoms with Gasteiger partial charge >= 0.3 is 5.97 Å². The van der Waals surface area contributed by atoms with Gasteiger partial charge in [-0.05, 0) is 37.0 Å². The number of aromatic hydroxyl groups is 1. The second-order valence-electron chi connectivity index (χ2n) is 11.2. The molecule has 1 aromatic carbocycles. The van der Waals surface area contributed by atoms with Crippen molar-refractivity contribution in [2.75, 3.05) is 32.6 Å². The summed E-state index contributed by atoms with van der Waals surface area (Å²) in [5, 5.41) is 30.8. The third-order valence-electron chi connectivity index (χ3n) is 6.96. The Hall–Kier alpha value is -5.44. The molecule has 0 aliphatic rings. The van der Waals surface area contributed by atoms with Crippen LogP contribution < -0.4 is 43.8 Å². The first-order valence-electron chi connectivity index (χ1n) is 16.0. The summed E-state index contributed by atoms with van der Waals surface area (Å²) < 4.78 is 4.53. The molecular formula is C31H47N9O11S. The number of thioether (sulfide) groups is 1. The highest BCUT2D eigenvalue weighted by atomic mass is 32.2. The Bertz CT molecular complexity index is 1440. The number of carbonyl (C=O) groups excluding carboxylic acids is 8. The lowest BCUT2D eigenvalue weighted by Gasteiger charge is -2.25. The van der Waals surface area contributed by atoms with Crippen molar-refractivity contribution < 1.29 is 53.3 Å². The Labute approximate surface area is 303 Å². The molecule has 4 atom stereocenters. The minimum absolute atomic E-state index is 0.0441. The lowest BCUT2D eigenvalue weighted by molar-refractivity contribution is -0.140. The van der Waals surface area contributed by atoms with Gasteiger partial charge in [0.1, 0.15) is 23.9 Å². The zero-order valence-electron chi connectivity index (χ0n) is 28.8. The van der Waals surface area contributed by atoms with Crippen LogP contribution in [0.25, 0.3) is 0 Å². The van der Waals surface area contributed by atoms with E-state index in [9.17, 15) is 48.6 Å². The number of guanidine groups is 1. The van der Waals surface area contributed by atoms with Gasteiger partial charge in [-0.15, -0.1) is 0 Å². The fourth-order valence-corrected chi connectivity index (χ4v) is 5.19. The quantitative estimate of drug-likeness (QED) is 0.0221. The third-order valence-corrected chi connectivity index (χ3v) is 7.94. The molecule has 1 aromatic rings. The summed E-state index contributed by atoms with van der Waals surface area (Å²) in [6.07, 6.45) is -0.464. The van der Waals surface area contributed by atoms with Crippen LogP contribution in [0.1, 0.15) is 44.6 Å². The van der Waals surface area contributed by atoms with Crippen molar-refractivity contribution in [1.82, 2.24) is 26.6 Å². The number of ether oxygens (including phenoxy) is 1. The van der Waals surface area contributed by atoms with Crippen molar-refractivity contribution in [3.8, 4) is 5.75 Å². The number of carbonyl (C=O) groups is 8. The molecule has 0 fully saturated rings. The van der Waals surface area contributed by atoms with Crippen LogP contribution in [0.4, 0.5) is 0 Å². The SMILES string of the molecule is COC(=O)CCSC(=O)[C@H](CCC(N)=O)NC(=O)CNC(=O)[C@H](CCCN=C(N)N)NC(=O)[C@H](Cc1ccc(O)cc1)NC(=O)[C@H](CO)NC(C)=O. The maximum absolute atomic E-state index is 13.6. The molecule has 20 nitrogen and oxygen atoms in total. The molecular weight excluding hydrogens is 706 g/mol. The van der Waals surface area contributed by atoms with E-state index in [4.69, 9.17) is 17.2 Å². The molecule has 6 amide bonds. The van der Waals surface area contributed by atoms with Crippen molar-refractivity contribution in [1.29, 1.82) is 0 Å². The number of phenols is 1. The largest absolute Gasteiger partial charge is 0.508 e. The number of aliphatic hydroxyl groups excluding tert-OH is 1. The Balaban J connectivity index is 3.15. The monoisotopic (exact) mass is 753 g/mol. The summed E-state index contributed by atoms with van der Waals surface area (Å²) in [6.45, 7) is -0.233. The lowest BCUT2D eigenvalue weighted by Crippen LogP contribution is -2.58. The average molecular weight is 754 g/mol. The van der Waals surface area contributed by atoms with Gasteiger partial charge in [0.25, 0.3) is 0 Å². The van der Waals surface area contributed by atoms with Crippen LogP contribution in [-0.2, 0) is 49.5 Å². The van der Waals surface area contributed by atoms with Crippen LogP contribution in [0.2, 0.25) is 0 Å². The number of nitrogens with two attached hydrogens (primary N) is 3. The summed E-state index contributed by atoms with van der Waals surface area (Å²) in [5.74, 6) is -5.50. The van der Waals surface area contributed by atoms with Crippen molar-refractivity contribution >= 4 is 64.2 Å². The van der Waals surface area contributed by atoms with E-state index in [1.807, 2.05) is 0 Å². The van der Waals surface area contributed by atoms with Gasteiger partial charge < -0.3 is 58.7 Å². The Morgan fingerprint density at radius 3 is 2.04 bits per heavy atom. The molecule has 0 saturated carbocycles. The van der Waals surface area contributed by atoms with Crippen LogP contribution in [0.3, 0.4) is 0 Å². The molecule has 0 spiro atoms. The average Bonchev–Trinajstić information content (AvgIpc) is 3.09. The highest BCUT2D eigenvalue weighted by Gasteiger charge is 2.30. The molecule has 288 valence electrons.